The molecule has 0 fully saturated rings. The highest BCUT2D eigenvalue weighted by Gasteiger charge is 2.23. The number of carbonyl (C=O) groups excluding carboxylic acids is 1. The van der Waals surface area contributed by atoms with Crippen LogP contribution in [-0.2, 0) is 0 Å². The quantitative estimate of drug-likeness (QED) is 0.714. The normalized spacial score (nSPS) is 10.3. The standard InChI is InChI=1S/C17H12Cl2O7/c1-25-14-9(16(21)22)3-7(5-11(14)18)13(20)8-4-10(17(23)24)15(26-2)12(19)6-8/h3-6H,1-2H3,(H,21,22)(H,23,24). The van der Waals surface area contributed by atoms with Crippen molar-refractivity contribution in [3.63, 3.8) is 0 Å². The summed E-state index contributed by atoms with van der Waals surface area (Å²) in [7, 11) is 2.50. The third-order valence-corrected chi connectivity index (χ3v) is 4.04. The van der Waals surface area contributed by atoms with Crippen LogP contribution < -0.4 is 9.47 Å². The molecule has 26 heavy (non-hydrogen) atoms. The minimum absolute atomic E-state index is 0.0641. The Morgan fingerprint density at radius 1 is 0.769 bits per heavy atom. The molecule has 0 aliphatic rings. The van der Waals surface area contributed by atoms with Gasteiger partial charge in [0.15, 0.2) is 17.3 Å². The van der Waals surface area contributed by atoms with Gasteiger partial charge in [-0.05, 0) is 24.3 Å². The topological polar surface area (TPSA) is 110 Å². The van der Waals surface area contributed by atoms with Gasteiger partial charge in [-0.25, -0.2) is 9.59 Å². The predicted molar refractivity (Wildman–Crippen MR) is 93.4 cm³/mol. The Morgan fingerprint density at radius 2 is 1.12 bits per heavy atom. The van der Waals surface area contributed by atoms with Crippen molar-refractivity contribution in [1.82, 2.24) is 0 Å². The summed E-state index contributed by atoms with van der Waals surface area (Å²) >= 11 is 12.0. The van der Waals surface area contributed by atoms with Crippen LogP contribution in [0.1, 0.15) is 36.6 Å². The van der Waals surface area contributed by atoms with Gasteiger partial charge in [-0.2, -0.15) is 0 Å². The number of hydrogen-bond donors (Lipinski definition) is 2. The number of aromatic carboxylic acids is 2. The molecule has 2 rings (SSSR count). The molecule has 0 aliphatic carbocycles. The lowest BCUT2D eigenvalue weighted by molar-refractivity contribution is 0.0682. The Kier molecular flexibility index (Phi) is 5.74. The van der Waals surface area contributed by atoms with E-state index in [9.17, 15) is 24.6 Å². The van der Waals surface area contributed by atoms with Gasteiger partial charge in [0.2, 0.25) is 0 Å². The summed E-state index contributed by atoms with van der Waals surface area (Å²) in [6.07, 6.45) is 0. The number of carboxylic acids is 2. The van der Waals surface area contributed by atoms with Gasteiger partial charge in [0.05, 0.1) is 24.3 Å². The molecule has 0 heterocycles. The average Bonchev–Trinajstić information content (AvgIpc) is 2.59. The molecule has 0 aliphatic heterocycles. The van der Waals surface area contributed by atoms with E-state index in [-0.39, 0.29) is 43.8 Å². The van der Waals surface area contributed by atoms with Crippen molar-refractivity contribution in [2.45, 2.75) is 0 Å². The Labute approximate surface area is 157 Å². The molecule has 0 amide bonds. The van der Waals surface area contributed by atoms with Gasteiger partial charge in [0.1, 0.15) is 11.1 Å². The van der Waals surface area contributed by atoms with Gasteiger partial charge < -0.3 is 19.7 Å². The number of halogens is 2. The zero-order valence-corrected chi connectivity index (χ0v) is 15.0. The summed E-state index contributed by atoms with van der Waals surface area (Å²) < 4.78 is 9.88. The molecule has 0 aromatic heterocycles. The SMILES string of the molecule is COc1c(Cl)cc(C(=O)c2cc(Cl)c(OC)c(C(=O)O)c2)cc1C(=O)O. The van der Waals surface area contributed by atoms with Crippen LogP contribution in [0.15, 0.2) is 24.3 Å². The Hall–Kier alpha value is -2.77. The molecule has 2 N–H and O–H groups in total. The zero-order valence-electron chi connectivity index (χ0n) is 13.5. The van der Waals surface area contributed by atoms with Crippen LogP contribution in [0.5, 0.6) is 11.5 Å². The second kappa shape index (κ2) is 7.63. The van der Waals surface area contributed by atoms with Crippen LogP contribution in [0.2, 0.25) is 10.0 Å². The number of carbonyl (C=O) groups is 3. The largest absolute Gasteiger partial charge is 0.494 e. The first-order valence-corrected chi connectivity index (χ1v) is 7.73. The first-order chi connectivity index (χ1) is 12.2. The van der Waals surface area contributed by atoms with E-state index in [4.69, 9.17) is 32.7 Å². The van der Waals surface area contributed by atoms with Crippen LogP contribution >= 0.6 is 23.2 Å². The lowest BCUT2D eigenvalue weighted by atomic mass is 9.98. The maximum atomic E-state index is 12.7. The highest BCUT2D eigenvalue weighted by molar-refractivity contribution is 6.34. The molecular formula is C17H12Cl2O7. The highest BCUT2D eigenvalue weighted by Crippen LogP contribution is 2.34. The van der Waals surface area contributed by atoms with Crippen molar-refractivity contribution in [3.8, 4) is 11.5 Å². The first-order valence-electron chi connectivity index (χ1n) is 6.97. The van der Waals surface area contributed by atoms with Gasteiger partial charge in [0, 0.05) is 11.1 Å². The lowest BCUT2D eigenvalue weighted by Crippen LogP contribution is -2.09. The highest BCUT2D eigenvalue weighted by atomic mass is 35.5. The van der Waals surface area contributed by atoms with E-state index in [1.54, 1.807) is 0 Å². The van der Waals surface area contributed by atoms with Crippen molar-refractivity contribution < 1.29 is 34.1 Å². The Bertz CT molecular complexity index is 848. The van der Waals surface area contributed by atoms with Crippen molar-refractivity contribution in [1.29, 1.82) is 0 Å². The minimum atomic E-state index is -1.34. The summed E-state index contributed by atoms with van der Waals surface area (Å²) in [6.45, 7) is 0. The Balaban J connectivity index is 2.63. The van der Waals surface area contributed by atoms with Crippen LogP contribution in [0.3, 0.4) is 0 Å². The molecule has 0 unspecified atom stereocenters. The zero-order chi connectivity index (χ0) is 19.6. The predicted octanol–water partition coefficient (Wildman–Crippen LogP) is 3.64. The molecule has 0 atom stereocenters. The Morgan fingerprint density at radius 3 is 1.38 bits per heavy atom. The number of methoxy groups -OCH3 is 2. The van der Waals surface area contributed by atoms with Crippen LogP contribution in [0, 0.1) is 0 Å². The van der Waals surface area contributed by atoms with E-state index in [1.165, 1.54) is 26.4 Å². The molecule has 0 saturated carbocycles. The van der Waals surface area contributed by atoms with Crippen LogP contribution in [-0.4, -0.2) is 42.2 Å². The van der Waals surface area contributed by atoms with Crippen molar-refractivity contribution in [2.24, 2.45) is 0 Å². The molecule has 7 nitrogen and oxygen atoms in total. The molecule has 136 valence electrons. The van der Waals surface area contributed by atoms with Gasteiger partial charge >= 0.3 is 11.9 Å². The number of ether oxygens (including phenoxy) is 2. The smallest absolute Gasteiger partial charge is 0.339 e. The van der Waals surface area contributed by atoms with Crippen molar-refractivity contribution >= 4 is 40.9 Å². The van der Waals surface area contributed by atoms with E-state index in [0.717, 1.165) is 12.1 Å². The van der Waals surface area contributed by atoms with E-state index < -0.39 is 17.7 Å². The van der Waals surface area contributed by atoms with Crippen molar-refractivity contribution in [2.75, 3.05) is 14.2 Å². The second-order valence-corrected chi connectivity index (χ2v) is 5.83. The van der Waals surface area contributed by atoms with E-state index in [1.807, 2.05) is 0 Å². The number of rotatable bonds is 6. The number of carboxylic acid groups (broad SMARTS) is 2. The molecule has 9 heteroatoms. The van der Waals surface area contributed by atoms with Gasteiger partial charge in [0.25, 0.3) is 0 Å². The second-order valence-electron chi connectivity index (χ2n) is 5.02. The van der Waals surface area contributed by atoms with Gasteiger partial charge in [-0.3, -0.25) is 4.79 Å². The summed E-state index contributed by atoms with van der Waals surface area (Å²) in [5, 5.41) is 18.4. The van der Waals surface area contributed by atoms with E-state index in [2.05, 4.69) is 0 Å². The third-order valence-electron chi connectivity index (χ3n) is 3.48. The summed E-state index contributed by atoms with van der Waals surface area (Å²) in [5.41, 5.74) is -0.737. The lowest BCUT2D eigenvalue weighted by Gasteiger charge is -2.12. The summed E-state index contributed by atoms with van der Waals surface area (Å²) in [4.78, 5) is 35.4. The number of benzene rings is 2. The monoisotopic (exact) mass is 398 g/mol. The molecule has 0 bridgehead atoms. The number of ketones is 1. The molecule has 0 spiro atoms. The van der Waals surface area contributed by atoms with Gasteiger partial charge in [-0.1, -0.05) is 23.2 Å². The first kappa shape index (κ1) is 19.6. The fourth-order valence-electron chi connectivity index (χ4n) is 2.35. The van der Waals surface area contributed by atoms with Gasteiger partial charge in [-0.15, -0.1) is 0 Å². The van der Waals surface area contributed by atoms with Crippen LogP contribution in [0.4, 0.5) is 0 Å². The maximum Gasteiger partial charge on any atom is 0.339 e. The molecule has 2 aromatic rings. The molecular weight excluding hydrogens is 387 g/mol. The van der Waals surface area contributed by atoms with E-state index >= 15 is 0 Å². The molecule has 2 aromatic carbocycles. The third kappa shape index (κ3) is 3.58. The summed E-state index contributed by atoms with van der Waals surface area (Å²) in [6, 6.07) is 4.64. The fourth-order valence-corrected chi connectivity index (χ4v) is 2.94. The molecule has 0 radical (unpaired) electrons. The van der Waals surface area contributed by atoms with Crippen LogP contribution in [0.25, 0.3) is 0 Å². The van der Waals surface area contributed by atoms with Crippen molar-refractivity contribution in [3.05, 3.63) is 56.6 Å². The van der Waals surface area contributed by atoms with E-state index in [0.29, 0.717) is 0 Å². The average molecular weight is 399 g/mol. The number of hydrogen-bond acceptors (Lipinski definition) is 5. The summed E-state index contributed by atoms with van der Waals surface area (Å²) in [5.74, 6) is -3.51. The minimum Gasteiger partial charge on any atom is -0.494 e. The maximum absolute atomic E-state index is 12.7. The molecule has 0 saturated heterocycles. The fraction of sp³-hybridized carbons (Fsp3) is 0.118.